The van der Waals surface area contributed by atoms with Crippen molar-refractivity contribution in [3.63, 3.8) is 0 Å². The maximum atomic E-state index is 13.7. The number of carbonyl (C=O) groups is 1. The zero-order valence-corrected chi connectivity index (χ0v) is 16.4. The van der Waals surface area contributed by atoms with Crippen molar-refractivity contribution in [3.05, 3.63) is 41.9 Å². The minimum absolute atomic E-state index is 0.156. The van der Waals surface area contributed by atoms with E-state index in [4.69, 9.17) is 4.98 Å². The minimum atomic E-state index is -0.886. The second-order valence-corrected chi connectivity index (χ2v) is 7.90. The van der Waals surface area contributed by atoms with Crippen LogP contribution in [0, 0.1) is 11.6 Å². The van der Waals surface area contributed by atoms with Crippen molar-refractivity contribution in [1.29, 1.82) is 0 Å². The van der Waals surface area contributed by atoms with Gasteiger partial charge in [0.15, 0.2) is 11.6 Å². The summed E-state index contributed by atoms with van der Waals surface area (Å²) in [6, 6.07) is 3.85. The Labute approximate surface area is 168 Å². The lowest BCUT2D eigenvalue weighted by Gasteiger charge is -2.30. The average molecular weight is 404 g/mol. The van der Waals surface area contributed by atoms with Crippen LogP contribution in [-0.4, -0.2) is 63.3 Å². The van der Waals surface area contributed by atoms with E-state index in [2.05, 4.69) is 9.47 Å². The lowest BCUT2D eigenvalue weighted by atomic mass is 9.96. The summed E-state index contributed by atoms with van der Waals surface area (Å²) in [7, 11) is 0. The Morgan fingerprint density at radius 3 is 2.45 bits per heavy atom. The van der Waals surface area contributed by atoms with Crippen LogP contribution >= 0.6 is 0 Å². The van der Waals surface area contributed by atoms with Gasteiger partial charge in [-0.05, 0) is 57.0 Å². The molecule has 0 bridgehead atoms. The van der Waals surface area contributed by atoms with Gasteiger partial charge >= 0.3 is 6.09 Å². The molecule has 0 saturated carbocycles. The highest BCUT2D eigenvalue weighted by molar-refractivity contribution is 5.65. The summed E-state index contributed by atoms with van der Waals surface area (Å²) < 4.78 is 29.2. The van der Waals surface area contributed by atoms with Crippen molar-refractivity contribution in [2.45, 2.75) is 38.1 Å². The van der Waals surface area contributed by atoms with E-state index in [1.165, 1.54) is 23.8 Å². The van der Waals surface area contributed by atoms with Gasteiger partial charge in [-0.1, -0.05) is 0 Å². The first-order chi connectivity index (χ1) is 14.0. The third-order valence-electron chi connectivity index (χ3n) is 6.01. The van der Waals surface area contributed by atoms with Crippen molar-refractivity contribution in [1.82, 2.24) is 19.4 Å². The maximum Gasteiger partial charge on any atom is 0.407 e. The number of aromatic nitrogens is 2. The highest BCUT2D eigenvalue weighted by Crippen LogP contribution is 2.30. The number of carboxylic acid groups (broad SMARTS) is 1. The van der Waals surface area contributed by atoms with Gasteiger partial charge in [0.25, 0.3) is 0 Å². The molecule has 29 heavy (non-hydrogen) atoms. The molecule has 2 aromatic rings. The van der Waals surface area contributed by atoms with E-state index in [-0.39, 0.29) is 5.92 Å². The smallest absolute Gasteiger partial charge is 0.407 e. The van der Waals surface area contributed by atoms with Crippen molar-refractivity contribution in [2.24, 2.45) is 0 Å². The summed E-state index contributed by atoms with van der Waals surface area (Å²) >= 11 is 0. The van der Waals surface area contributed by atoms with Crippen molar-refractivity contribution >= 4 is 6.09 Å². The SMILES string of the molecule is O=C(O)N1CCC(c2nc(-c3ccc(F)c(F)c3)cn2CCN2CCCC2)CC1. The number of amides is 1. The van der Waals surface area contributed by atoms with Crippen molar-refractivity contribution in [2.75, 3.05) is 32.7 Å². The van der Waals surface area contributed by atoms with Gasteiger partial charge in [0, 0.05) is 43.9 Å². The fraction of sp³-hybridized carbons (Fsp3) is 0.524. The van der Waals surface area contributed by atoms with Crippen LogP contribution in [0.25, 0.3) is 11.3 Å². The van der Waals surface area contributed by atoms with E-state index >= 15 is 0 Å². The zero-order valence-electron chi connectivity index (χ0n) is 16.4. The molecular formula is C21H26F2N4O2. The number of hydrogen-bond acceptors (Lipinski definition) is 3. The van der Waals surface area contributed by atoms with Gasteiger partial charge in [-0.2, -0.15) is 0 Å². The van der Waals surface area contributed by atoms with Crippen LogP contribution in [-0.2, 0) is 6.54 Å². The highest BCUT2D eigenvalue weighted by atomic mass is 19.2. The molecule has 0 unspecified atom stereocenters. The molecule has 1 amide bonds. The molecule has 0 spiro atoms. The van der Waals surface area contributed by atoms with E-state index in [9.17, 15) is 18.7 Å². The first-order valence-electron chi connectivity index (χ1n) is 10.2. The molecule has 2 aliphatic rings. The average Bonchev–Trinajstić information content (AvgIpc) is 3.38. The molecule has 1 aromatic carbocycles. The molecule has 4 rings (SSSR count). The van der Waals surface area contributed by atoms with Crippen molar-refractivity contribution in [3.8, 4) is 11.3 Å². The minimum Gasteiger partial charge on any atom is -0.465 e. The number of imidazole rings is 1. The molecule has 0 aliphatic carbocycles. The van der Waals surface area contributed by atoms with Gasteiger partial charge in [-0.25, -0.2) is 18.6 Å². The van der Waals surface area contributed by atoms with Crippen LogP contribution in [0.2, 0.25) is 0 Å². The fourth-order valence-corrected chi connectivity index (χ4v) is 4.31. The molecule has 156 valence electrons. The highest BCUT2D eigenvalue weighted by Gasteiger charge is 2.27. The summed E-state index contributed by atoms with van der Waals surface area (Å²) in [6.07, 6.45) is 4.91. The summed E-state index contributed by atoms with van der Waals surface area (Å²) in [5.74, 6) is -0.689. The molecule has 2 fully saturated rings. The zero-order chi connectivity index (χ0) is 20.4. The van der Waals surface area contributed by atoms with Crippen LogP contribution in [0.4, 0.5) is 13.6 Å². The van der Waals surface area contributed by atoms with E-state index in [0.29, 0.717) is 37.2 Å². The Hall–Kier alpha value is -2.48. The Balaban J connectivity index is 1.57. The molecule has 1 aromatic heterocycles. The van der Waals surface area contributed by atoms with E-state index < -0.39 is 17.7 Å². The van der Waals surface area contributed by atoms with E-state index in [1.54, 1.807) is 6.07 Å². The predicted molar refractivity (Wildman–Crippen MR) is 105 cm³/mol. The third kappa shape index (κ3) is 4.42. The van der Waals surface area contributed by atoms with Crippen LogP contribution in [0.3, 0.4) is 0 Å². The topological polar surface area (TPSA) is 61.6 Å². The lowest BCUT2D eigenvalue weighted by Crippen LogP contribution is -2.37. The maximum absolute atomic E-state index is 13.7. The number of hydrogen-bond donors (Lipinski definition) is 1. The molecule has 8 heteroatoms. The van der Waals surface area contributed by atoms with Gasteiger partial charge in [0.05, 0.1) is 5.69 Å². The molecule has 0 radical (unpaired) electrons. The summed E-state index contributed by atoms with van der Waals surface area (Å²) in [6.45, 7) is 4.90. The van der Waals surface area contributed by atoms with E-state index in [0.717, 1.165) is 38.1 Å². The van der Waals surface area contributed by atoms with Gasteiger partial charge in [0.1, 0.15) is 5.82 Å². The van der Waals surface area contributed by atoms with Crippen molar-refractivity contribution < 1.29 is 18.7 Å². The number of benzene rings is 1. The molecule has 2 aliphatic heterocycles. The fourth-order valence-electron chi connectivity index (χ4n) is 4.31. The quantitative estimate of drug-likeness (QED) is 0.824. The molecule has 0 atom stereocenters. The molecular weight excluding hydrogens is 378 g/mol. The van der Waals surface area contributed by atoms with Crippen LogP contribution in [0.5, 0.6) is 0 Å². The molecule has 3 heterocycles. The summed E-state index contributed by atoms with van der Waals surface area (Å²) in [5.41, 5.74) is 1.18. The molecule has 1 N–H and O–H groups in total. The number of halogens is 2. The van der Waals surface area contributed by atoms with Gasteiger partial charge < -0.3 is 19.5 Å². The Morgan fingerprint density at radius 1 is 1.07 bits per heavy atom. The number of rotatable bonds is 5. The number of nitrogens with zero attached hydrogens (tertiary/aromatic N) is 4. The van der Waals surface area contributed by atoms with Crippen LogP contribution in [0.1, 0.15) is 37.4 Å². The standard InChI is InChI=1S/C21H26F2N4O2/c22-17-4-3-16(13-18(17)23)19-14-27(12-11-25-7-1-2-8-25)20(24-19)15-5-9-26(10-6-15)21(28)29/h3-4,13-15H,1-2,5-12H2,(H,28,29). The van der Waals surface area contributed by atoms with Crippen LogP contribution < -0.4 is 0 Å². The van der Waals surface area contributed by atoms with E-state index in [1.807, 2.05) is 6.20 Å². The first-order valence-corrected chi connectivity index (χ1v) is 10.2. The Morgan fingerprint density at radius 2 is 1.79 bits per heavy atom. The second kappa shape index (κ2) is 8.49. The van der Waals surface area contributed by atoms with Crippen LogP contribution in [0.15, 0.2) is 24.4 Å². The second-order valence-electron chi connectivity index (χ2n) is 7.90. The lowest BCUT2D eigenvalue weighted by molar-refractivity contribution is 0.131. The third-order valence-corrected chi connectivity index (χ3v) is 6.01. The van der Waals surface area contributed by atoms with Gasteiger partial charge in [0.2, 0.25) is 0 Å². The number of likely N-dealkylation sites (tertiary alicyclic amines) is 2. The van der Waals surface area contributed by atoms with Gasteiger partial charge in [-0.3, -0.25) is 0 Å². The first kappa shape index (κ1) is 19.8. The monoisotopic (exact) mass is 404 g/mol. The summed E-state index contributed by atoms with van der Waals surface area (Å²) in [4.78, 5) is 19.8. The normalized spacial score (nSPS) is 18.5. The Bertz CT molecular complexity index is 872. The Kier molecular flexibility index (Phi) is 5.80. The number of piperidine rings is 1. The predicted octanol–water partition coefficient (Wildman–Crippen LogP) is 3.78. The van der Waals surface area contributed by atoms with Gasteiger partial charge in [-0.15, -0.1) is 0 Å². The largest absolute Gasteiger partial charge is 0.465 e. The molecule has 2 saturated heterocycles. The summed E-state index contributed by atoms with van der Waals surface area (Å²) in [5, 5.41) is 9.19. The molecule has 6 nitrogen and oxygen atoms in total.